The summed E-state index contributed by atoms with van der Waals surface area (Å²) in [5.74, 6) is -2.11. The van der Waals surface area contributed by atoms with Crippen molar-refractivity contribution in [3.05, 3.63) is 32.2 Å². The van der Waals surface area contributed by atoms with Crippen molar-refractivity contribution >= 4 is 94.1 Å². The summed E-state index contributed by atoms with van der Waals surface area (Å²) in [4.78, 5) is 93.9. The molecule has 30 heteroatoms. The lowest BCUT2D eigenvalue weighted by Gasteiger charge is -2.32. The highest BCUT2D eigenvalue weighted by Gasteiger charge is 2.45. The third-order valence-electron chi connectivity index (χ3n) is 9.73. The van der Waals surface area contributed by atoms with Crippen molar-refractivity contribution in [2.45, 2.75) is 87.6 Å². The molecule has 0 amide bonds. The number of Topliss-reactive ketones (excluding diaryl/α,β-unsaturated/α-hetero) is 1. The van der Waals surface area contributed by atoms with Gasteiger partial charge in [0.25, 0.3) is 5.78 Å². The number of ether oxygens (including phenoxy) is 4. The minimum Gasteiger partial charge on any atom is -0.541 e. The zero-order chi connectivity index (χ0) is 49.6. The van der Waals surface area contributed by atoms with E-state index >= 15 is 0 Å². The van der Waals surface area contributed by atoms with E-state index in [-0.39, 0.29) is 68.8 Å². The number of carboxylic acid groups (broad SMARTS) is 3. The van der Waals surface area contributed by atoms with Crippen molar-refractivity contribution in [2.24, 2.45) is 11.1 Å². The largest absolute Gasteiger partial charge is 0.541 e. The second-order valence-electron chi connectivity index (χ2n) is 14.1. The van der Waals surface area contributed by atoms with Crippen LogP contribution in [-0.2, 0) is 71.4 Å². The van der Waals surface area contributed by atoms with Gasteiger partial charge in [0.15, 0.2) is 16.8 Å². The van der Waals surface area contributed by atoms with E-state index in [1.54, 1.807) is 19.2 Å². The fraction of sp³-hybridized carbons (Fsp3) is 0.611. The predicted molar refractivity (Wildman–Crippen MR) is 225 cm³/mol. The van der Waals surface area contributed by atoms with E-state index in [1.807, 2.05) is 0 Å². The number of aliphatic carboxylic acids is 3. The van der Waals surface area contributed by atoms with Crippen LogP contribution in [0.1, 0.15) is 77.6 Å². The number of aromatic nitrogens is 2. The van der Waals surface area contributed by atoms with Gasteiger partial charge in [0.1, 0.15) is 11.4 Å². The van der Waals surface area contributed by atoms with Crippen molar-refractivity contribution in [3.63, 3.8) is 0 Å². The summed E-state index contributed by atoms with van der Waals surface area (Å²) >= 11 is 2.53. The van der Waals surface area contributed by atoms with Crippen LogP contribution < -0.4 is 5.90 Å². The molecule has 0 aromatic carbocycles. The summed E-state index contributed by atoms with van der Waals surface area (Å²) in [5.41, 5.74) is -5.71. The Labute approximate surface area is 388 Å². The van der Waals surface area contributed by atoms with E-state index < -0.39 is 64.0 Å². The molecule has 4 aliphatic heterocycles. The van der Waals surface area contributed by atoms with Gasteiger partial charge in [-0.2, -0.15) is 0 Å². The fourth-order valence-electron chi connectivity index (χ4n) is 5.64. The molecular formula is C36H47B3N4O21S2. The summed E-state index contributed by atoms with van der Waals surface area (Å²) in [6.07, 6.45) is 1.97. The van der Waals surface area contributed by atoms with E-state index in [2.05, 4.69) is 42.0 Å². The van der Waals surface area contributed by atoms with E-state index in [0.29, 0.717) is 62.5 Å². The molecule has 0 unspecified atom stereocenters. The number of hydrogen-bond acceptors (Lipinski definition) is 24. The topological polar surface area (TPSA) is 368 Å². The molecule has 7 N–H and O–H groups in total. The average Bonchev–Trinajstić information content (AvgIpc) is 3.97. The number of carboxylic acids is 3. The molecule has 6 heterocycles. The highest BCUT2D eigenvalue weighted by Crippen LogP contribution is 2.28. The van der Waals surface area contributed by atoms with Crippen molar-refractivity contribution < 1.29 is 102 Å². The fourth-order valence-corrected chi connectivity index (χ4v) is 6.83. The molecule has 25 nitrogen and oxygen atoms in total. The van der Waals surface area contributed by atoms with Gasteiger partial charge in [0.05, 0.1) is 23.2 Å². The first-order valence-corrected chi connectivity index (χ1v) is 21.2. The number of carbonyl (C=O) groups is 7. The standard InChI is InChI=1S/C12H13BN2O6S.C6H10BNO4.C6H9BO4.C6H5NO3S.C6H10O4/c1-7-14-8(6-22-7)9(10(16)17)15-21-12(11(18)20-13)2-4-19-5-3-12;7-11-5(9)6(12-8)1-3-10-4-2-6;7-11-5(8)6(9)1-3-10-4-2-6;1-3-7-4(2-11-3)5(8)6(9)10;7-5(8)6(9)1-3-10-4-2-6/h6H,2-5H2,1H3,(H,16,17);1-4,8H2;9H,1-4H2;2H,1H3,(H,9,10);9H,1-4H2,(H,7,8)/b15-9-;;;;. The van der Waals surface area contributed by atoms with Crippen LogP contribution in [0.2, 0.25) is 0 Å². The Balaban J connectivity index is 0.000000296. The van der Waals surface area contributed by atoms with Crippen molar-refractivity contribution in [1.29, 1.82) is 0 Å². The first-order chi connectivity index (χ1) is 31.2. The van der Waals surface area contributed by atoms with Crippen LogP contribution in [0.5, 0.6) is 0 Å². The van der Waals surface area contributed by atoms with Crippen molar-refractivity contribution in [1.82, 2.24) is 9.97 Å². The number of nitrogens with two attached hydrogens (primary N) is 1. The smallest absolute Gasteiger partial charge is 0.378 e. The Bertz CT molecular complexity index is 1960. The Morgan fingerprint density at radius 1 is 0.606 bits per heavy atom. The lowest BCUT2D eigenvalue weighted by Crippen LogP contribution is -2.48. The van der Waals surface area contributed by atoms with Gasteiger partial charge in [-0.25, -0.2) is 35.0 Å². The number of hydrogen-bond donors (Lipinski definition) is 6. The summed E-state index contributed by atoms with van der Waals surface area (Å²) in [6, 6.07) is 0. The van der Waals surface area contributed by atoms with E-state index in [1.165, 1.54) is 28.1 Å². The van der Waals surface area contributed by atoms with Gasteiger partial charge >= 0.3 is 60.0 Å². The summed E-state index contributed by atoms with van der Waals surface area (Å²) in [5, 5.41) is 52.7. The predicted octanol–water partition coefficient (Wildman–Crippen LogP) is -1.03. The maximum Gasteiger partial charge on any atom is 0.378 e. The van der Waals surface area contributed by atoms with Crippen LogP contribution in [0, 0.1) is 13.8 Å². The molecular weight excluding hydrogens is 921 g/mol. The Morgan fingerprint density at radius 3 is 1.32 bits per heavy atom. The maximum absolute atomic E-state index is 11.9. The molecule has 6 rings (SSSR count). The van der Waals surface area contributed by atoms with Crippen LogP contribution in [-0.4, -0.2) is 182 Å². The van der Waals surface area contributed by atoms with Crippen LogP contribution in [0.25, 0.3) is 0 Å². The number of ketones is 1. The molecule has 2 aromatic rings. The Kier molecular flexibility index (Phi) is 24.0. The van der Waals surface area contributed by atoms with E-state index in [9.17, 15) is 48.9 Å². The van der Waals surface area contributed by atoms with Gasteiger partial charge in [-0.05, 0) is 13.8 Å². The van der Waals surface area contributed by atoms with E-state index in [0.717, 1.165) is 0 Å². The summed E-state index contributed by atoms with van der Waals surface area (Å²) in [6.45, 7) is 6.20. The molecule has 358 valence electrons. The average molecular weight is 968 g/mol. The lowest BCUT2D eigenvalue weighted by molar-refractivity contribution is -0.176. The van der Waals surface area contributed by atoms with Crippen LogP contribution in [0.4, 0.5) is 0 Å². The molecule has 0 saturated carbocycles. The SMILES string of the molecule is Cc1nc(C(=O)C(=O)O)cs1.O=C(O)C1(O)CCOCC1.[B]OC(=O)C1(O)CCOCC1.[B]OC(=O)C1(O/N=C(\C(=O)O)c2csc(C)n2)CCOCC1.[B]OC(=O)C1(ON)CCOCC1. The molecule has 0 atom stereocenters. The minimum absolute atomic E-state index is 0.0139. The zero-order valence-corrected chi connectivity index (χ0v) is 37.3. The molecule has 0 aliphatic carbocycles. The maximum atomic E-state index is 11.9. The highest BCUT2D eigenvalue weighted by atomic mass is 32.1. The minimum atomic E-state index is -1.53. The number of carbonyl (C=O) groups excluding carboxylic acids is 4. The van der Waals surface area contributed by atoms with Crippen LogP contribution >= 0.6 is 22.7 Å². The van der Waals surface area contributed by atoms with Gasteiger partial charge in [-0.15, -0.1) is 22.7 Å². The van der Waals surface area contributed by atoms with Gasteiger partial charge < -0.3 is 63.3 Å². The first kappa shape index (κ1) is 57.2. The first-order valence-electron chi connectivity index (χ1n) is 19.4. The third-order valence-corrected chi connectivity index (χ3v) is 11.3. The second-order valence-corrected chi connectivity index (χ2v) is 16.2. The monoisotopic (exact) mass is 968 g/mol. The molecule has 4 fully saturated rings. The molecule has 0 bridgehead atoms. The number of thiazole rings is 2. The number of nitrogens with zero attached hydrogens (tertiary/aromatic N) is 3. The second kappa shape index (κ2) is 27.7. The van der Waals surface area contributed by atoms with Gasteiger partial charge in [-0.1, -0.05) is 5.16 Å². The Hall–Kier alpha value is -4.91. The number of aryl methyl sites for hydroxylation is 2. The van der Waals surface area contributed by atoms with Gasteiger partial charge in [-0.3, -0.25) is 19.2 Å². The highest BCUT2D eigenvalue weighted by molar-refractivity contribution is 7.10. The van der Waals surface area contributed by atoms with Gasteiger partial charge in [0, 0.05) is 102 Å². The number of aliphatic hydroxyl groups is 2. The molecule has 2 aromatic heterocycles. The molecule has 4 saturated heterocycles. The lowest BCUT2D eigenvalue weighted by atomic mass is 9.94. The molecule has 0 spiro atoms. The quantitative estimate of drug-likeness (QED) is 0.0515. The summed E-state index contributed by atoms with van der Waals surface area (Å²) < 4.78 is 32.3. The number of rotatable bonds is 11. The molecule has 6 radical (unpaired) electrons. The summed E-state index contributed by atoms with van der Waals surface area (Å²) in [7, 11) is 14.3. The normalized spacial score (nSPS) is 18.9. The van der Waals surface area contributed by atoms with Gasteiger partial charge in [0.2, 0.25) is 11.3 Å². The molecule has 4 aliphatic rings. The third kappa shape index (κ3) is 17.1. The van der Waals surface area contributed by atoms with Crippen molar-refractivity contribution in [2.75, 3.05) is 52.9 Å². The van der Waals surface area contributed by atoms with Crippen molar-refractivity contribution in [3.8, 4) is 0 Å². The van der Waals surface area contributed by atoms with Crippen LogP contribution in [0.15, 0.2) is 15.9 Å². The number of oxime groups is 1. The Morgan fingerprint density at radius 2 is 0.985 bits per heavy atom. The zero-order valence-electron chi connectivity index (χ0n) is 35.7. The van der Waals surface area contributed by atoms with E-state index in [4.69, 9.17) is 56.0 Å². The van der Waals surface area contributed by atoms with Crippen LogP contribution in [0.3, 0.4) is 0 Å². The molecule has 66 heavy (non-hydrogen) atoms.